The SMILES string of the molecule is CC(C)Oc1ccc(C(O)=C2C(=O)C(=O)N(c3ccccn3)[C@H]2c2ccccc2)cc1. The van der Waals surface area contributed by atoms with Gasteiger partial charge in [-0.05, 0) is 55.8 Å². The van der Waals surface area contributed by atoms with E-state index >= 15 is 0 Å². The second-order valence-electron chi connectivity index (χ2n) is 7.46. The normalized spacial score (nSPS) is 17.9. The number of nitrogens with zero attached hydrogens (tertiary/aromatic N) is 2. The van der Waals surface area contributed by atoms with Crippen molar-refractivity contribution >= 4 is 23.3 Å². The van der Waals surface area contributed by atoms with Gasteiger partial charge in [0.05, 0.1) is 17.7 Å². The molecule has 0 aliphatic carbocycles. The van der Waals surface area contributed by atoms with Crippen LogP contribution in [-0.4, -0.2) is 27.9 Å². The Morgan fingerprint density at radius 2 is 1.65 bits per heavy atom. The van der Waals surface area contributed by atoms with E-state index in [1.54, 1.807) is 48.7 Å². The number of Topliss-reactive ketones (excluding diaryl/α,β-unsaturated/α-hetero) is 1. The van der Waals surface area contributed by atoms with Crippen molar-refractivity contribution in [3.63, 3.8) is 0 Å². The number of amides is 1. The van der Waals surface area contributed by atoms with Gasteiger partial charge in [0.2, 0.25) is 0 Å². The first-order valence-corrected chi connectivity index (χ1v) is 10.0. The maximum atomic E-state index is 13.0. The highest BCUT2D eigenvalue weighted by atomic mass is 16.5. The van der Waals surface area contributed by atoms with Gasteiger partial charge in [-0.25, -0.2) is 4.98 Å². The van der Waals surface area contributed by atoms with Crippen LogP contribution in [-0.2, 0) is 9.59 Å². The number of carbonyl (C=O) groups is 2. The molecule has 0 unspecified atom stereocenters. The summed E-state index contributed by atoms with van der Waals surface area (Å²) in [4.78, 5) is 31.6. The fraction of sp³-hybridized carbons (Fsp3) is 0.160. The maximum absolute atomic E-state index is 13.0. The summed E-state index contributed by atoms with van der Waals surface area (Å²) in [5.74, 6) is -0.714. The number of hydrogen-bond donors (Lipinski definition) is 1. The lowest BCUT2D eigenvalue weighted by Crippen LogP contribution is -2.30. The molecule has 0 bridgehead atoms. The number of anilines is 1. The van der Waals surface area contributed by atoms with E-state index in [9.17, 15) is 14.7 Å². The number of hydrogen-bond acceptors (Lipinski definition) is 5. The van der Waals surface area contributed by atoms with Crippen molar-refractivity contribution in [1.82, 2.24) is 4.98 Å². The summed E-state index contributed by atoms with van der Waals surface area (Å²) < 4.78 is 5.64. The summed E-state index contributed by atoms with van der Waals surface area (Å²) in [6, 6.07) is 20.3. The molecule has 0 radical (unpaired) electrons. The number of rotatable bonds is 5. The zero-order valence-corrected chi connectivity index (χ0v) is 17.2. The summed E-state index contributed by atoms with van der Waals surface area (Å²) >= 11 is 0. The molecule has 156 valence electrons. The molecule has 1 atom stereocenters. The number of ketones is 1. The lowest BCUT2D eigenvalue weighted by atomic mass is 9.95. The highest BCUT2D eigenvalue weighted by molar-refractivity contribution is 6.51. The van der Waals surface area contributed by atoms with Crippen LogP contribution < -0.4 is 9.64 Å². The van der Waals surface area contributed by atoms with E-state index in [0.29, 0.717) is 22.7 Å². The molecule has 6 nitrogen and oxygen atoms in total. The van der Waals surface area contributed by atoms with Crippen molar-refractivity contribution in [3.8, 4) is 5.75 Å². The molecule has 1 aromatic heterocycles. The minimum Gasteiger partial charge on any atom is -0.507 e. The van der Waals surface area contributed by atoms with Crippen molar-refractivity contribution in [2.45, 2.75) is 26.0 Å². The Kier molecular flexibility index (Phi) is 5.54. The Bertz CT molecular complexity index is 1120. The van der Waals surface area contributed by atoms with Gasteiger partial charge in [-0.2, -0.15) is 0 Å². The molecular weight excluding hydrogens is 392 g/mol. The Hall–Kier alpha value is -3.93. The molecule has 1 aliphatic rings. The molecule has 1 amide bonds. The average Bonchev–Trinajstić information content (AvgIpc) is 3.05. The lowest BCUT2D eigenvalue weighted by molar-refractivity contribution is -0.132. The Labute approximate surface area is 180 Å². The van der Waals surface area contributed by atoms with Gasteiger partial charge in [-0.1, -0.05) is 36.4 Å². The third kappa shape index (κ3) is 3.92. The molecule has 3 aromatic rings. The van der Waals surface area contributed by atoms with Gasteiger partial charge in [0.25, 0.3) is 5.78 Å². The van der Waals surface area contributed by atoms with Crippen LogP contribution in [0.1, 0.15) is 31.0 Å². The van der Waals surface area contributed by atoms with Crippen LogP contribution in [0.25, 0.3) is 5.76 Å². The number of carbonyl (C=O) groups excluding carboxylic acids is 2. The van der Waals surface area contributed by atoms with E-state index in [1.165, 1.54) is 4.90 Å². The Morgan fingerprint density at radius 3 is 2.26 bits per heavy atom. The molecule has 31 heavy (non-hydrogen) atoms. The standard InChI is InChI=1S/C25H22N2O4/c1-16(2)31-19-13-11-18(12-14-19)23(28)21-22(17-8-4-3-5-9-17)27(25(30)24(21)29)20-10-6-7-15-26-20/h3-16,22,28H,1-2H3/t22-/m0/s1. The third-order valence-corrected chi connectivity index (χ3v) is 4.96. The number of aromatic nitrogens is 1. The van der Waals surface area contributed by atoms with Gasteiger partial charge >= 0.3 is 5.91 Å². The molecule has 2 aromatic carbocycles. The fourth-order valence-corrected chi connectivity index (χ4v) is 3.63. The van der Waals surface area contributed by atoms with Crippen LogP contribution in [0.4, 0.5) is 5.82 Å². The number of aliphatic hydroxyl groups is 1. The summed E-state index contributed by atoms with van der Waals surface area (Å²) in [5.41, 5.74) is 1.16. The molecule has 0 saturated carbocycles. The third-order valence-electron chi connectivity index (χ3n) is 4.96. The minimum atomic E-state index is -0.789. The van der Waals surface area contributed by atoms with Crippen molar-refractivity contribution in [1.29, 1.82) is 0 Å². The van der Waals surface area contributed by atoms with E-state index in [2.05, 4.69) is 4.98 Å². The van der Waals surface area contributed by atoms with Crippen LogP contribution >= 0.6 is 0 Å². The minimum absolute atomic E-state index is 0.0150. The number of ether oxygens (including phenoxy) is 1. The largest absolute Gasteiger partial charge is 0.507 e. The van der Waals surface area contributed by atoms with Gasteiger partial charge in [0.15, 0.2) is 0 Å². The number of benzene rings is 2. The van der Waals surface area contributed by atoms with Crippen LogP contribution in [0.3, 0.4) is 0 Å². The predicted molar refractivity (Wildman–Crippen MR) is 118 cm³/mol. The second-order valence-corrected chi connectivity index (χ2v) is 7.46. The predicted octanol–water partition coefficient (Wildman–Crippen LogP) is 4.50. The second kappa shape index (κ2) is 8.44. The van der Waals surface area contributed by atoms with Crippen molar-refractivity contribution in [2.24, 2.45) is 0 Å². The van der Waals surface area contributed by atoms with Gasteiger partial charge in [-0.3, -0.25) is 14.5 Å². The first kappa shape index (κ1) is 20.3. The summed E-state index contributed by atoms with van der Waals surface area (Å²) in [6.07, 6.45) is 1.57. The van der Waals surface area contributed by atoms with Crippen LogP contribution in [0, 0.1) is 0 Å². The zero-order chi connectivity index (χ0) is 22.0. The van der Waals surface area contributed by atoms with E-state index in [1.807, 2.05) is 44.2 Å². The molecule has 1 aliphatic heterocycles. The van der Waals surface area contributed by atoms with Gasteiger partial charge < -0.3 is 9.84 Å². The lowest BCUT2D eigenvalue weighted by Gasteiger charge is -2.24. The first-order chi connectivity index (χ1) is 15.0. The van der Waals surface area contributed by atoms with Gasteiger partial charge in [0, 0.05) is 11.8 Å². The van der Waals surface area contributed by atoms with Gasteiger partial charge in [-0.15, -0.1) is 0 Å². The van der Waals surface area contributed by atoms with E-state index < -0.39 is 17.7 Å². The molecule has 4 rings (SSSR count). The summed E-state index contributed by atoms with van der Waals surface area (Å²) in [5, 5.41) is 11.1. The van der Waals surface area contributed by atoms with Crippen LogP contribution in [0.5, 0.6) is 5.75 Å². The fourth-order valence-electron chi connectivity index (χ4n) is 3.63. The molecule has 6 heteroatoms. The van der Waals surface area contributed by atoms with Crippen LogP contribution in [0.2, 0.25) is 0 Å². The Morgan fingerprint density at radius 1 is 0.968 bits per heavy atom. The van der Waals surface area contributed by atoms with E-state index in [-0.39, 0.29) is 17.4 Å². The van der Waals surface area contributed by atoms with E-state index in [0.717, 1.165) is 0 Å². The molecule has 0 spiro atoms. The van der Waals surface area contributed by atoms with Crippen molar-refractivity contribution in [3.05, 3.63) is 95.7 Å². The number of aliphatic hydroxyl groups excluding tert-OH is 1. The van der Waals surface area contributed by atoms with Crippen molar-refractivity contribution in [2.75, 3.05) is 4.90 Å². The molecule has 1 fully saturated rings. The van der Waals surface area contributed by atoms with Crippen LogP contribution in [0.15, 0.2) is 84.6 Å². The molecule has 1 saturated heterocycles. The smallest absolute Gasteiger partial charge is 0.301 e. The quantitative estimate of drug-likeness (QED) is 0.378. The zero-order valence-electron chi connectivity index (χ0n) is 17.2. The van der Waals surface area contributed by atoms with Crippen molar-refractivity contribution < 1.29 is 19.4 Å². The first-order valence-electron chi connectivity index (χ1n) is 10.0. The highest BCUT2D eigenvalue weighted by Crippen LogP contribution is 2.41. The topological polar surface area (TPSA) is 79.7 Å². The van der Waals surface area contributed by atoms with Gasteiger partial charge in [0.1, 0.15) is 17.3 Å². The van der Waals surface area contributed by atoms with E-state index in [4.69, 9.17) is 4.74 Å². The molecule has 2 heterocycles. The highest BCUT2D eigenvalue weighted by Gasteiger charge is 2.47. The Balaban J connectivity index is 1.84. The molecular formula is C25H22N2O4. The number of pyridine rings is 1. The summed E-state index contributed by atoms with van der Waals surface area (Å²) in [7, 11) is 0. The maximum Gasteiger partial charge on any atom is 0.301 e. The molecule has 1 N–H and O–H groups in total. The average molecular weight is 414 g/mol. The summed E-state index contributed by atoms with van der Waals surface area (Å²) in [6.45, 7) is 3.85. The monoisotopic (exact) mass is 414 g/mol.